The molecule has 170 valence electrons. The summed E-state index contributed by atoms with van der Waals surface area (Å²) >= 11 is 0. The predicted molar refractivity (Wildman–Crippen MR) is 125 cm³/mol. The highest BCUT2D eigenvalue weighted by Gasteiger charge is 2.59. The highest BCUT2D eigenvalue weighted by atomic mass is 16.6. The molecule has 3 aromatic carbocycles. The number of aliphatic imine (C=N–C) groups is 1. The van der Waals surface area contributed by atoms with Gasteiger partial charge in [0.1, 0.15) is 5.76 Å². The lowest BCUT2D eigenvalue weighted by molar-refractivity contribution is -0.180. The first-order valence-corrected chi connectivity index (χ1v) is 10.8. The van der Waals surface area contributed by atoms with Gasteiger partial charge in [-0.3, -0.25) is 9.69 Å². The average Bonchev–Trinajstić information content (AvgIpc) is 3.27. The molecule has 2 aliphatic rings. The van der Waals surface area contributed by atoms with E-state index in [2.05, 4.69) is 11.6 Å². The van der Waals surface area contributed by atoms with Crippen LogP contribution in [-0.4, -0.2) is 46.1 Å². The van der Waals surface area contributed by atoms with Gasteiger partial charge in [-0.05, 0) is 23.3 Å². The molecule has 3 unspecified atom stereocenters. The minimum absolute atomic E-state index is 0.313. The van der Waals surface area contributed by atoms with Crippen molar-refractivity contribution in [2.24, 2.45) is 4.99 Å². The van der Waals surface area contributed by atoms with E-state index in [0.29, 0.717) is 5.90 Å². The second-order valence-corrected chi connectivity index (χ2v) is 8.03. The van der Waals surface area contributed by atoms with Crippen molar-refractivity contribution >= 4 is 17.8 Å². The zero-order valence-electron chi connectivity index (χ0n) is 18.2. The SMILES string of the molecule is C=C(O)C(C(=O)OC(c1ccccc1)c1ccccc1)N1C(=O)C2N=C(c3ccccc3)OC21. The van der Waals surface area contributed by atoms with Crippen molar-refractivity contribution in [3.8, 4) is 0 Å². The van der Waals surface area contributed by atoms with Crippen LogP contribution < -0.4 is 0 Å². The van der Waals surface area contributed by atoms with Crippen LogP contribution in [0.4, 0.5) is 0 Å². The number of esters is 1. The third-order valence-corrected chi connectivity index (χ3v) is 5.82. The van der Waals surface area contributed by atoms with Crippen molar-refractivity contribution in [1.29, 1.82) is 0 Å². The van der Waals surface area contributed by atoms with Gasteiger partial charge >= 0.3 is 5.97 Å². The molecule has 2 aliphatic heterocycles. The highest BCUT2D eigenvalue weighted by Crippen LogP contribution is 2.36. The number of carbonyl (C=O) groups excluding carboxylic acids is 2. The monoisotopic (exact) mass is 454 g/mol. The van der Waals surface area contributed by atoms with E-state index in [1.807, 2.05) is 91.0 Å². The lowest BCUT2D eigenvalue weighted by atomic mass is 10.00. The van der Waals surface area contributed by atoms with Crippen LogP contribution in [0, 0.1) is 0 Å². The normalized spacial score (nSPS) is 19.5. The summed E-state index contributed by atoms with van der Waals surface area (Å²) in [5.74, 6) is -1.44. The fourth-order valence-electron chi connectivity index (χ4n) is 4.15. The first-order chi connectivity index (χ1) is 16.5. The maximum Gasteiger partial charge on any atom is 0.337 e. The van der Waals surface area contributed by atoms with E-state index in [-0.39, 0.29) is 0 Å². The Morgan fingerprint density at radius 1 is 0.941 bits per heavy atom. The van der Waals surface area contributed by atoms with E-state index in [9.17, 15) is 14.7 Å². The molecule has 2 heterocycles. The van der Waals surface area contributed by atoms with E-state index in [4.69, 9.17) is 9.47 Å². The molecule has 1 amide bonds. The summed E-state index contributed by atoms with van der Waals surface area (Å²) in [4.78, 5) is 31.7. The van der Waals surface area contributed by atoms with Crippen LogP contribution >= 0.6 is 0 Å². The maximum atomic E-state index is 13.3. The molecule has 1 saturated heterocycles. The number of hydrogen-bond donors (Lipinski definition) is 1. The standard InChI is InChI=1S/C27H22N2O5/c1-17(30)22(29-25(31)21-26(29)34-24(28-21)20-15-9-4-10-16-20)27(32)33-23(18-11-5-2-6-12-18)19-13-7-3-8-14-19/h2-16,21-23,26,30H,1H2. The van der Waals surface area contributed by atoms with Gasteiger partial charge in [0.15, 0.2) is 18.2 Å². The van der Waals surface area contributed by atoms with Crippen molar-refractivity contribution in [2.45, 2.75) is 24.4 Å². The van der Waals surface area contributed by atoms with Gasteiger partial charge < -0.3 is 14.6 Å². The first-order valence-electron chi connectivity index (χ1n) is 10.8. The maximum absolute atomic E-state index is 13.3. The third kappa shape index (κ3) is 3.81. The molecule has 0 bridgehead atoms. The second kappa shape index (κ2) is 8.86. The van der Waals surface area contributed by atoms with Gasteiger partial charge in [0.05, 0.1) is 0 Å². The number of ether oxygens (including phenoxy) is 2. The van der Waals surface area contributed by atoms with Gasteiger partial charge in [-0.1, -0.05) is 85.4 Å². The lowest BCUT2D eigenvalue weighted by Crippen LogP contribution is -2.68. The molecule has 7 heteroatoms. The Morgan fingerprint density at radius 2 is 1.47 bits per heavy atom. The zero-order chi connectivity index (χ0) is 23.7. The Balaban J connectivity index is 1.39. The number of likely N-dealkylation sites (tertiary alicyclic amines) is 1. The number of aliphatic hydroxyl groups excluding tert-OH is 1. The second-order valence-electron chi connectivity index (χ2n) is 8.03. The Morgan fingerprint density at radius 3 is 2.00 bits per heavy atom. The number of benzene rings is 3. The quantitative estimate of drug-likeness (QED) is 0.334. The van der Waals surface area contributed by atoms with Crippen LogP contribution in [0.1, 0.15) is 22.8 Å². The molecule has 7 nitrogen and oxygen atoms in total. The molecular weight excluding hydrogens is 432 g/mol. The van der Waals surface area contributed by atoms with Crippen LogP contribution in [0.15, 0.2) is 108 Å². The van der Waals surface area contributed by atoms with Crippen LogP contribution in [0.25, 0.3) is 0 Å². The van der Waals surface area contributed by atoms with Gasteiger partial charge in [-0.2, -0.15) is 0 Å². The van der Waals surface area contributed by atoms with Crippen molar-refractivity contribution < 1.29 is 24.2 Å². The van der Waals surface area contributed by atoms with Gasteiger partial charge in [-0.25, -0.2) is 9.79 Å². The third-order valence-electron chi connectivity index (χ3n) is 5.82. The van der Waals surface area contributed by atoms with E-state index in [1.54, 1.807) is 0 Å². The van der Waals surface area contributed by atoms with Crippen LogP contribution in [0.2, 0.25) is 0 Å². The summed E-state index contributed by atoms with van der Waals surface area (Å²) in [6.45, 7) is 3.53. The molecule has 0 spiro atoms. The fraction of sp³-hybridized carbons (Fsp3) is 0.148. The van der Waals surface area contributed by atoms with Gasteiger partial charge in [0.25, 0.3) is 5.91 Å². The van der Waals surface area contributed by atoms with Crippen molar-refractivity contribution in [2.75, 3.05) is 0 Å². The van der Waals surface area contributed by atoms with Crippen LogP contribution in [-0.2, 0) is 19.1 Å². The summed E-state index contributed by atoms with van der Waals surface area (Å²) in [6.07, 6.45) is -1.55. The molecule has 5 rings (SSSR count). The zero-order valence-corrected chi connectivity index (χ0v) is 18.2. The van der Waals surface area contributed by atoms with E-state index in [0.717, 1.165) is 21.6 Å². The summed E-state index contributed by atoms with van der Waals surface area (Å²) in [5.41, 5.74) is 2.23. The molecule has 3 atom stereocenters. The number of β-lactam (4-membered cyclic amide) rings is 1. The molecule has 0 aliphatic carbocycles. The minimum atomic E-state index is -1.42. The number of rotatable bonds is 7. The first kappa shape index (κ1) is 21.5. The summed E-state index contributed by atoms with van der Waals surface area (Å²) in [6, 6.07) is 25.5. The number of carbonyl (C=O) groups is 2. The topological polar surface area (TPSA) is 88.4 Å². The number of aliphatic hydroxyl groups is 1. The molecule has 0 radical (unpaired) electrons. The molecular formula is C27H22N2O5. The Labute approximate surface area is 196 Å². The summed E-state index contributed by atoms with van der Waals surface area (Å²) in [5, 5.41) is 10.3. The Hall–Kier alpha value is -4.39. The number of hydrogen-bond acceptors (Lipinski definition) is 6. The van der Waals surface area contributed by atoms with Crippen LogP contribution in [0.3, 0.4) is 0 Å². The molecule has 34 heavy (non-hydrogen) atoms. The number of amides is 1. The van der Waals surface area contributed by atoms with E-state index >= 15 is 0 Å². The van der Waals surface area contributed by atoms with Crippen LogP contribution in [0.5, 0.6) is 0 Å². The largest absolute Gasteiger partial charge is 0.510 e. The van der Waals surface area contributed by atoms with Gasteiger partial charge in [-0.15, -0.1) is 0 Å². The highest BCUT2D eigenvalue weighted by molar-refractivity contribution is 6.03. The molecule has 0 aromatic heterocycles. The smallest absolute Gasteiger partial charge is 0.337 e. The van der Waals surface area contributed by atoms with Gasteiger partial charge in [0.2, 0.25) is 12.1 Å². The molecule has 1 fully saturated rings. The molecule has 3 aromatic rings. The minimum Gasteiger partial charge on any atom is -0.510 e. The van der Waals surface area contributed by atoms with Crippen molar-refractivity contribution in [1.82, 2.24) is 4.90 Å². The summed E-state index contributed by atoms with van der Waals surface area (Å²) < 4.78 is 11.7. The number of fused-ring (bicyclic) bond motifs is 1. The fourth-order valence-corrected chi connectivity index (χ4v) is 4.15. The van der Waals surface area contributed by atoms with Crippen molar-refractivity contribution in [3.05, 3.63) is 120 Å². The average molecular weight is 454 g/mol. The van der Waals surface area contributed by atoms with E-state index in [1.165, 1.54) is 0 Å². The molecule has 0 saturated carbocycles. The van der Waals surface area contributed by atoms with Crippen molar-refractivity contribution in [3.63, 3.8) is 0 Å². The number of nitrogens with zero attached hydrogens (tertiary/aromatic N) is 2. The Bertz CT molecular complexity index is 1200. The lowest BCUT2D eigenvalue weighted by Gasteiger charge is -2.43. The van der Waals surface area contributed by atoms with E-state index < -0.39 is 42.1 Å². The predicted octanol–water partition coefficient (Wildman–Crippen LogP) is 3.77. The molecule has 1 N–H and O–H groups in total. The summed E-state index contributed by atoms with van der Waals surface area (Å²) in [7, 11) is 0. The Kier molecular flexibility index (Phi) is 5.59. The van der Waals surface area contributed by atoms with Gasteiger partial charge in [0, 0.05) is 5.56 Å².